The predicted octanol–water partition coefficient (Wildman–Crippen LogP) is 13.4. The zero-order chi connectivity index (χ0) is 40.1. The summed E-state index contributed by atoms with van der Waals surface area (Å²) in [7, 11) is 0. The average molecular weight is 757 g/mol. The van der Waals surface area contributed by atoms with Crippen molar-refractivity contribution < 1.29 is 10.2 Å². The molecule has 0 fully saturated rings. The molecule has 2 heterocycles. The second-order valence-electron chi connectivity index (χ2n) is 17.0. The highest BCUT2D eigenvalue weighted by molar-refractivity contribution is 5.90. The van der Waals surface area contributed by atoms with E-state index < -0.39 is 0 Å². The van der Waals surface area contributed by atoms with Crippen molar-refractivity contribution in [3.05, 3.63) is 144 Å². The van der Waals surface area contributed by atoms with E-state index in [0.717, 1.165) is 45.3 Å². The van der Waals surface area contributed by atoms with Crippen LogP contribution in [0, 0.1) is 0 Å². The fraction of sp³-hybridized carbons (Fsp3) is 0.294. The van der Waals surface area contributed by atoms with Gasteiger partial charge in [0, 0.05) is 0 Å². The third-order valence-corrected chi connectivity index (χ3v) is 11.8. The fourth-order valence-electron chi connectivity index (χ4n) is 8.98. The summed E-state index contributed by atoms with van der Waals surface area (Å²) in [5.74, 6) is 1.96. The molecule has 6 heteroatoms. The largest absolute Gasteiger partial charge is 0.506 e. The lowest BCUT2D eigenvalue weighted by Gasteiger charge is -2.29. The highest BCUT2D eigenvalue weighted by Crippen LogP contribution is 2.49. The molecule has 6 aromatic carbocycles. The van der Waals surface area contributed by atoms with Crippen molar-refractivity contribution in [1.82, 2.24) is 0 Å². The van der Waals surface area contributed by atoms with Gasteiger partial charge in [-0.25, -0.2) is 0 Å². The Morgan fingerprint density at radius 3 is 1.07 bits per heavy atom. The van der Waals surface area contributed by atoms with Crippen molar-refractivity contribution in [3.63, 3.8) is 0 Å². The molecule has 0 radical (unpaired) electrons. The first-order valence-electron chi connectivity index (χ1n) is 20.6. The van der Waals surface area contributed by atoms with Gasteiger partial charge in [-0.15, -0.1) is 0 Å². The number of phenols is 2. The summed E-state index contributed by atoms with van der Waals surface area (Å²) >= 11 is 0. The van der Waals surface area contributed by atoms with E-state index in [-0.39, 0.29) is 11.5 Å². The van der Waals surface area contributed by atoms with Gasteiger partial charge in [0.05, 0.1) is 54.1 Å². The Kier molecular flexibility index (Phi) is 10.2. The van der Waals surface area contributed by atoms with E-state index >= 15 is 0 Å². The van der Waals surface area contributed by atoms with Crippen LogP contribution in [0.2, 0.25) is 0 Å². The maximum Gasteiger partial charge on any atom is 0.139 e. The second kappa shape index (κ2) is 15.2. The molecule has 0 atom stereocenters. The van der Waals surface area contributed by atoms with Crippen LogP contribution in [0.4, 0.5) is 34.1 Å². The second-order valence-corrected chi connectivity index (χ2v) is 17.0. The fourth-order valence-corrected chi connectivity index (χ4v) is 8.98. The highest BCUT2D eigenvalue weighted by Gasteiger charge is 2.34. The Morgan fingerprint density at radius 1 is 0.404 bits per heavy atom. The molecule has 0 amide bonds. The third-order valence-electron chi connectivity index (χ3n) is 11.8. The third kappa shape index (κ3) is 6.85. The molecule has 0 unspecified atom stereocenters. The number of hydrogen-bond acceptors (Lipinski definition) is 6. The van der Waals surface area contributed by atoms with Gasteiger partial charge in [-0.2, -0.15) is 0 Å². The van der Waals surface area contributed by atoms with Crippen LogP contribution in [-0.4, -0.2) is 30.2 Å². The van der Waals surface area contributed by atoms with Crippen LogP contribution in [0.3, 0.4) is 0 Å². The zero-order valence-electron chi connectivity index (χ0n) is 34.7. The molecule has 0 saturated heterocycles. The summed E-state index contributed by atoms with van der Waals surface area (Å²) in [6, 6.07) is 42.5. The minimum atomic E-state index is 0.260. The maximum atomic E-state index is 11.5. The summed E-state index contributed by atoms with van der Waals surface area (Å²) in [6.45, 7) is 19.8. The van der Waals surface area contributed by atoms with Crippen molar-refractivity contribution in [2.75, 3.05) is 39.6 Å². The van der Waals surface area contributed by atoms with Gasteiger partial charge in [0.2, 0.25) is 0 Å². The van der Waals surface area contributed by atoms with Crippen molar-refractivity contribution in [3.8, 4) is 33.8 Å². The molecule has 0 bridgehead atoms. The summed E-state index contributed by atoms with van der Waals surface area (Å²) in [5.41, 5.74) is 16.0. The Hall–Kier alpha value is -5.88. The first-order chi connectivity index (χ1) is 27.4. The molecule has 2 aliphatic heterocycles. The van der Waals surface area contributed by atoms with Crippen LogP contribution >= 0.6 is 0 Å². The first-order valence-corrected chi connectivity index (χ1v) is 20.6. The molecule has 2 aliphatic rings. The van der Waals surface area contributed by atoms with E-state index in [0.29, 0.717) is 43.7 Å². The topological polar surface area (TPSA) is 53.4 Å². The van der Waals surface area contributed by atoms with E-state index in [9.17, 15) is 10.2 Å². The lowest BCUT2D eigenvalue weighted by atomic mass is 9.85. The SMILES string of the molecule is CC(C)c1cccc(C(C)C)c1-c1ccc(O)c(N2CN(CN3CN(c4cc(-c5c(C(C)C)cccc5C(C)C)ccc4O)c4ccccc43)c3ccccc32)c1. The van der Waals surface area contributed by atoms with Gasteiger partial charge in [-0.1, -0.05) is 128 Å². The van der Waals surface area contributed by atoms with Crippen LogP contribution in [0.5, 0.6) is 11.5 Å². The van der Waals surface area contributed by atoms with Gasteiger partial charge in [0.15, 0.2) is 0 Å². The zero-order valence-corrected chi connectivity index (χ0v) is 34.7. The number of para-hydroxylation sites is 4. The van der Waals surface area contributed by atoms with Crippen LogP contribution in [0.15, 0.2) is 121 Å². The standard InChI is InChI=1S/C51H56N4O2/c1-32(2)38-15-13-16-39(33(3)4)50(38)36-23-25-48(56)46(27-36)54-30-52(42-19-9-11-21-44(42)54)29-53-31-55(45-22-12-10-20-43(45)53)47-28-37(24-26-49(47)57)51-40(34(5)6)17-14-18-41(51)35(7)8/h9-28,32-35,56-57H,29-31H2,1-8H3. The van der Waals surface area contributed by atoms with E-state index in [1.54, 1.807) is 0 Å². The van der Waals surface area contributed by atoms with Gasteiger partial charge in [-0.3, -0.25) is 0 Å². The van der Waals surface area contributed by atoms with Gasteiger partial charge < -0.3 is 29.8 Å². The van der Waals surface area contributed by atoms with Crippen LogP contribution in [-0.2, 0) is 0 Å². The number of rotatable bonds is 10. The molecular formula is C51H56N4O2. The van der Waals surface area contributed by atoms with Gasteiger partial charge in [0.1, 0.15) is 11.5 Å². The van der Waals surface area contributed by atoms with Gasteiger partial charge >= 0.3 is 0 Å². The van der Waals surface area contributed by atoms with E-state index in [1.165, 1.54) is 33.4 Å². The number of phenolic OH excluding ortho intramolecular Hbond substituents is 2. The molecule has 6 nitrogen and oxygen atoms in total. The first kappa shape index (κ1) is 38.0. The molecule has 292 valence electrons. The van der Waals surface area contributed by atoms with E-state index in [1.807, 2.05) is 12.1 Å². The van der Waals surface area contributed by atoms with E-state index in [2.05, 4.69) is 184 Å². The summed E-state index contributed by atoms with van der Waals surface area (Å²) in [6.07, 6.45) is 0. The molecular weight excluding hydrogens is 701 g/mol. The van der Waals surface area contributed by atoms with E-state index in [4.69, 9.17) is 0 Å². The maximum absolute atomic E-state index is 11.5. The average Bonchev–Trinajstić information content (AvgIpc) is 3.76. The number of anilines is 6. The lowest BCUT2D eigenvalue weighted by molar-refractivity contribution is 0.475. The lowest BCUT2D eigenvalue weighted by Crippen LogP contribution is -2.40. The minimum Gasteiger partial charge on any atom is -0.506 e. The van der Waals surface area contributed by atoms with Crippen LogP contribution in [0.1, 0.15) is 101 Å². The van der Waals surface area contributed by atoms with Crippen molar-refractivity contribution >= 4 is 34.1 Å². The molecule has 0 aromatic heterocycles. The predicted molar refractivity (Wildman–Crippen MR) is 240 cm³/mol. The number of fused-ring (bicyclic) bond motifs is 2. The quantitative estimate of drug-likeness (QED) is 0.145. The number of hydrogen-bond donors (Lipinski definition) is 2. The summed E-state index contributed by atoms with van der Waals surface area (Å²) < 4.78 is 0. The molecule has 2 N–H and O–H groups in total. The molecule has 8 rings (SSSR count). The van der Waals surface area contributed by atoms with Crippen molar-refractivity contribution in [1.29, 1.82) is 0 Å². The Morgan fingerprint density at radius 2 is 0.737 bits per heavy atom. The number of aromatic hydroxyl groups is 2. The Labute approximate surface area is 339 Å². The molecule has 6 aromatic rings. The minimum absolute atomic E-state index is 0.260. The Balaban J connectivity index is 1.14. The highest BCUT2D eigenvalue weighted by atomic mass is 16.3. The molecule has 0 saturated carbocycles. The normalized spacial score (nSPS) is 13.8. The van der Waals surface area contributed by atoms with Crippen LogP contribution in [0.25, 0.3) is 22.3 Å². The van der Waals surface area contributed by atoms with Crippen molar-refractivity contribution in [2.45, 2.75) is 79.1 Å². The Bertz CT molecular complexity index is 2210. The number of nitrogens with zero attached hydrogens (tertiary/aromatic N) is 4. The monoisotopic (exact) mass is 756 g/mol. The van der Waals surface area contributed by atoms with Crippen molar-refractivity contribution in [2.24, 2.45) is 0 Å². The molecule has 0 aliphatic carbocycles. The molecule has 57 heavy (non-hydrogen) atoms. The van der Waals surface area contributed by atoms with Gasteiger partial charge in [0.25, 0.3) is 0 Å². The molecule has 0 spiro atoms. The smallest absolute Gasteiger partial charge is 0.139 e. The van der Waals surface area contributed by atoms with Gasteiger partial charge in [-0.05, 0) is 117 Å². The summed E-state index contributed by atoms with van der Waals surface area (Å²) in [4.78, 5) is 9.25. The summed E-state index contributed by atoms with van der Waals surface area (Å²) in [5, 5.41) is 23.0. The van der Waals surface area contributed by atoms with Crippen LogP contribution < -0.4 is 19.6 Å². The number of benzene rings is 6.